The third kappa shape index (κ3) is 5.18. The number of nitro benzene ring substituents is 1. The molecule has 7 heteroatoms. The van der Waals surface area contributed by atoms with Crippen LogP contribution in [0.1, 0.15) is 5.56 Å². The number of nitro groups is 1. The quantitative estimate of drug-likeness (QED) is 0.420. The van der Waals surface area contributed by atoms with Gasteiger partial charge in [0.15, 0.2) is 0 Å². The summed E-state index contributed by atoms with van der Waals surface area (Å²) in [7, 11) is 0. The summed E-state index contributed by atoms with van der Waals surface area (Å²) >= 11 is 11.2. The van der Waals surface area contributed by atoms with E-state index in [0.717, 1.165) is 5.56 Å². The van der Waals surface area contributed by atoms with Crippen molar-refractivity contribution in [2.45, 2.75) is 6.54 Å². The second kappa shape index (κ2) is 8.26. The normalized spacial score (nSPS) is 10.8. The maximum Gasteiger partial charge on any atom is 0.269 e. The number of nitrogens with zero attached hydrogens (tertiary/aromatic N) is 2. The summed E-state index contributed by atoms with van der Waals surface area (Å²) in [6, 6.07) is 6.33. The zero-order chi connectivity index (χ0) is 13.4. The number of non-ortho nitro benzene ring substituents is 1. The molecular weight excluding hydrogens is 279 g/mol. The SMILES string of the molecule is O=[N+]([O-])c1ccc(CN(CCCl)OCCCl)cc1. The zero-order valence-electron chi connectivity index (χ0n) is 9.72. The maximum atomic E-state index is 10.5. The Morgan fingerprint density at radius 2 is 1.89 bits per heavy atom. The van der Waals surface area contributed by atoms with E-state index in [1.807, 2.05) is 0 Å². The first-order valence-electron chi connectivity index (χ1n) is 5.40. The Labute approximate surface area is 115 Å². The van der Waals surface area contributed by atoms with E-state index in [-0.39, 0.29) is 5.69 Å². The topological polar surface area (TPSA) is 55.6 Å². The predicted octanol–water partition coefficient (Wildman–Crippen LogP) is 2.81. The summed E-state index contributed by atoms with van der Waals surface area (Å²) in [5.74, 6) is 0.842. The van der Waals surface area contributed by atoms with E-state index < -0.39 is 4.92 Å². The summed E-state index contributed by atoms with van der Waals surface area (Å²) in [5, 5.41) is 12.2. The third-order valence-corrected chi connectivity index (χ3v) is 2.51. The van der Waals surface area contributed by atoms with Crippen LogP contribution in [0.5, 0.6) is 0 Å². The van der Waals surface area contributed by atoms with Crippen LogP contribution in [0.3, 0.4) is 0 Å². The maximum absolute atomic E-state index is 10.5. The molecule has 1 rings (SSSR count). The molecule has 0 bridgehead atoms. The molecule has 0 radical (unpaired) electrons. The molecular formula is C11H14Cl2N2O3. The fourth-order valence-corrected chi connectivity index (χ4v) is 1.63. The highest BCUT2D eigenvalue weighted by Gasteiger charge is 2.08. The van der Waals surface area contributed by atoms with Gasteiger partial charge >= 0.3 is 0 Å². The Balaban J connectivity index is 2.59. The Kier molecular flexibility index (Phi) is 6.97. The number of hydrogen-bond donors (Lipinski definition) is 0. The molecule has 0 atom stereocenters. The van der Waals surface area contributed by atoms with Gasteiger partial charge in [-0.25, -0.2) is 0 Å². The first kappa shape index (κ1) is 15.2. The average Bonchev–Trinajstić information content (AvgIpc) is 2.37. The largest absolute Gasteiger partial charge is 0.297 e. The van der Waals surface area contributed by atoms with Crippen LogP contribution in [0.4, 0.5) is 5.69 Å². The van der Waals surface area contributed by atoms with E-state index in [9.17, 15) is 10.1 Å². The molecule has 0 aliphatic carbocycles. The predicted molar refractivity (Wildman–Crippen MR) is 70.9 cm³/mol. The molecule has 0 saturated carbocycles. The standard InChI is InChI=1S/C11H14Cl2N2O3/c12-5-7-14(18-8-6-13)9-10-1-3-11(4-2-10)15(16)17/h1-4H,5-9H2. The molecule has 100 valence electrons. The number of alkyl halides is 2. The monoisotopic (exact) mass is 292 g/mol. The van der Waals surface area contributed by atoms with Crippen molar-refractivity contribution in [3.63, 3.8) is 0 Å². The molecule has 5 nitrogen and oxygen atoms in total. The summed E-state index contributed by atoms with van der Waals surface area (Å²) in [5.41, 5.74) is 0.990. The van der Waals surface area contributed by atoms with Crippen molar-refractivity contribution in [1.29, 1.82) is 0 Å². The van der Waals surface area contributed by atoms with Crippen molar-refractivity contribution < 1.29 is 9.76 Å². The van der Waals surface area contributed by atoms with Gasteiger partial charge in [0.2, 0.25) is 0 Å². The first-order chi connectivity index (χ1) is 8.67. The second-order valence-electron chi connectivity index (χ2n) is 3.50. The van der Waals surface area contributed by atoms with Gasteiger partial charge in [-0.3, -0.25) is 15.0 Å². The molecule has 0 aliphatic rings. The highest BCUT2D eigenvalue weighted by atomic mass is 35.5. The van der Waals surface area contributed by atoms with E-state index in [1.54, 1.807) is 17.2 Å². The molecule has 1 aromatic rings. The lowest BCUT2D eigenvalue weighted by Crippen LogP contribution is -2.26. The second-order valence-corrected chi connectivity index (χ2v) is 4.25. The summed E-state index contributed by atoms with van der Waals surface area (Å²) < 4.78 is 0. The summed E-state index contributed by atoms with van der Waals surface area (Å²) in [6.45, 7) is 1.49. The molecule has 18 heavy (non-hydrogen) atoms. The van der Waals surface area contributed by atoms with Crippen LogP contribution in [-0.4, -0.2) is 34.9 Å². The molecule has 0 N–H and O–H groups in total. The fourth-order valence-electron chi connectivity index (χ4n) is 1.37. The lowest BCUT2D eigenvalue weighted by Gasteiger charge is -2.20. The van der Waals surface area contributed by atoms with Gasteiger partial charge in [-0.2, -0.15) is 5.06 Å². The van der Waals surface area contributed by atoms with Gasteiger partial charge in [0.25, 0.3) is 5.69 Å². The molecule has 1 aromatic carbocycles. The van der Waals surface area contributed by atoms with E-state index in [0.29, 0.717) is 31.5 Å². The molecule has 0 unspecified atom stereocenters. The van der Waals surface area contributed by atoms with Crippen LogP contribution in [-0.2, 0) is 11.4 Å². The van der Waals surface area contributed by atoms with Crippen molar-refractivity contribution >= 4 is 28.9 Å². The van der Waals surface area contributed by atoms with Gasteiger partial charge in [0.1, 0.15) is 0 Å². The van der Waals surface area contributed by atoms with Crippen LogP contribution in [0.15, 0.2) is 24.3 Å². The highest BCUT2D eigenvalue weighted by molar-refractivity contribution is 6.18. The first-order valence-corrected chi connectivity index (χ1v) is 6.47. The molecule has 0 aliphatic heterocycles. The molecule has 0 saturated heterocycles. The van der Waals surface area contributed by atoms with E-state index in [1.165, 1.54) is 12.1 Å². The number of rotatable bonds is 8. The molecule has 0 heterocycles. The lowest BCUT2D eigenvalue weighted by atomic mass is 10.2. The Morgan fingerprint density at radius 1 is 1.22 bits per heavy atom. The lowest BCUT2D eigenvalue weighted by molar-refractivity contribution is -0.384. The van der Waals surface area contributed by atoms with Crippen LogP contribution in [0.25, 0.3) is 0 Å². The smallest absolute Gasteiger partial charge is 0.269 e. The average molecular weight is 293 g/mol. The highest BCUT2D eigenvalue weighted by Crippen LogP contribution is 2.13. The molecule has 0 amide bonds. The van der Waals surface area contributed by atoms with Crippen LogP contribution in [0.2, 0.25) is 0 Å². The minimum Gasteiger partial charge on any atom is -0.297 e. The van der Waals surface area contributed by atoms with Gasteiger partial charge in [0.05, 0.1) is 11.5 Å². The van der Waals surface area contributed by atoms with Crippen molar-refractivity contribution in [3.8, 4) is 0 Å². The van der Waals surface area contributed by atoms with Crippen molar-refractivity contribution in [2.75, 3.05) is 24.9 Å². The van der Waals surface area contributed by atoms with Crippen molar-refractivity contribution in [3.05, 3.63) is 39.9 Å². The number of benzene rings is 1. The van der Waals surface area contributed by atoms with Crippen LogP contribution in [0, 0.1) is 10.1 Å². The Bertz CT molecular complexity index is 373. The van der Waals surface area contributed by atoms with E-state index in [4.69, 9.17) is 28.0 Å². The van der Waals surface area contributed by atoms with Crippen molar-refractivity contribution in [1.82, 2.24) is 5.06 Å². The van der Waals surface area contributed by atoms with Crippen LogP contribution >= 0.6 is 23.2 Å². The van der Waals surface area contributed by atoms with E-state index >= 15 is 0 Å². The minimum atomic E-state index is -0.426. The van der Waals surface area contributed by atoms with Gasteiger partial charge in [-0.1, -0.05) is 12.1 Å². The number of halogens is 2. The Hall–Kier alpha value is -0.880. The summed E-state index contributed by atoms with van der Waals surface area (Å²) in [4.78, 5) is 15.5. The van der Waals surface area contributed by atoms with Gasteiger partial charge in [0, 0.05) is 37.0 Å². The third-order valence-electron chi connectivity index (χ3n) is 2.19. The molecule has 0 fully saturated rings. The molecule has 0 aromatic heterocycles. The zero-order valence-corrected chi connectivity index (χ0v) is 11.2. The minimum absolute atomic E-state index is 0.0734. The van der Waals surface area contributed by atoms with Gasteiger partial charge in [-0.15, -0.1) is 23.2 Å². The summed E-state index contributed by atoms with van der Waals surface area (Å²) in [6.07, 6.45) is 0. The Morgan fingerprint density at radius 3 is 2.39 bits per heavy atom. The van der Waals surface area contributed by atoms with Crippen LogP contribution < -0.4 is 0 Å². The van der Waals surface area contributed by atoms with E-state index in [2.05, 4.69) is 0 Å². The van der Waals surface area contributed by atoms with Crippen molar-refractivity contribution in [2.24, 2.45) is 0 Å². The number of hydrogen-bond acceptors (Lipinski definition) is 4. The van der Waals surface area contributed by atoms with Gasteiger partial charge in [-0.05, 0) is 5.56 Å². The molecule has 0 spiro atoms. The van der Waals surface area contributed by atoms with Gasteiger partial charge < -0.3 is 0 Å². The fraction of sp³-hybridized carbons (Fsp3) is 0.455. The number of hydroxylamine groups is 2.